The van der Waals surface area contributed by atoms with Crippen LogP contribution in [0.15, 0.2) is 29.1 Å². The Kier molecular flexibility index (Phi) is 7.67. The first-order valence-electron chi connectivity index (χ1n) is 11.8. The maximum Gasteiger partial charge on any atom is 0.257 e. The van der Waals surface area contributed by atoms with Crippen LogP contribution in [-0.2, 0) is 17.7 Å². The monoisotopic (exact) mass is 455 g/mol. The molecule has 1 amide bonds. The Morgan fingerprint density at radius 3 is 2.70 bits per heavy atom. The summed E-state index contributed by atoms with van der Waals surface area (Å²) in [6, 6.07) is 7.42. The quantitative estimate of drug-likeness (QED) is 0.585. The summed E-state index contributed by atoms with van der Waals surface area (Å²) in [6.07, 6.45) is 2.32. The molecule has 0 saturated carbocycles. The second-order valence-corrected chi connectivity index (χ2v) is 8.56. The Morgan fingerprint density at radius 1 is 1.12 bits per heavy atom. The lowest BCUT2D eigenvalue weighted by atomic mass is 10.0. The van der Waals surface area contributed by atoms with Crippen LogP contribution in [0, 0.1) is 6.92 Å². The molecule has 1 saturated heterocycles. The first-order valence-corrected chi connectivity index (χ1v) is 11.8. The number of hydrogen-bond donors (Lipinski definition) is 1. The lowest BCUT2D eigenvalue weighted by Crippen LogP contribution is -2.38. The van der Waals surface area contributed by atoms with E-state index in [0.717, 1.165) is 74.1 Å². The van der Waals surface area contributed by atoms with E-state index in [9.17, 15) is 9.59 Å². The van der Waals surface area contributed by atoms with Gasteiger partial charge < -0.3 is 24.1 Å². The van der Waals surface area contributed by atoms with Gasteiger partial charge in [-0.2, -0.15) is 0 Å². The van der Waals surface area contributed by atoms with Crippen LogP contribution in [0.3, 0.4) is 0 Å². The predicted octanol–water partition coefficient (Wildman–Crippen LogP) is 2.34. The van der Waals surface area contributed by atoms with Crippen LogP contribution in [0.5, 0.6) is 11.5 Å². The van der Waals surface area contributed by atoms with Crippen molar-refractivity contribution in [3.8, 4) is 11.5 Å². The van der Waals surface area contributed by atoms with Crippen molar-refractivity contribution in [3.05, 3.63) is 57.0 Å². The van der Waals surface area contributed by atoms with Crippen molar-refractivity contribution >= 4 is 5.91 Å². The van der Waals surface area contributed by atoms with Gasteiger partial charge in [0.05, 0.1) is 13.2 Å². The second-order valence-electron chi connectivity index (χ2n) is 8.56. The number of benzene rings is 1. The van der Waals surface area contributed by atoms with Gasteiger partial charge in [-0.3, -0.25) is 14.5 Å². The second kappa shape index (κ2) is 10.9. The molecule has 0 aliphatic carbocycles. The van der Waals surface area contributed by atoms with Crippen LogP contribution in [0.2, 0.25) is 0 Å². The number of fused-ring (bicyclic) bond motifs is 1. The lowest BCUT2D eigenvalue weighted by Gasteiger charge is -2.26. The Balaban J connectivity index is 1.50. The molecule has 0 radical (unpaired) electrons. The molecule has 33 heavy (non-hydrogen) atoms. The van der Waals surface area contributed by atoms with Gasteiger partial charge in [-0.15, -0.1) is 0 Å². The molecule has 1 N–H and O–H groups in total. The molecule has 1 fully saturated rings. The number of nitrogens with one attached hydrogen (secondary N) is 1. The standard InChI is InChI=1S/C25H33N3O5/c1-3-5-20-24(25(30)26-8-4-9-27-10-12-31-13-11-27)21(29)14-18(2)28(20)16-19-6-7-22-23(15-19)33-17-32-22/h6-7,14-15H,3-5,8-13,16-17H2,1-2H3,(H,26,30). The van der Waals surface area contributed by atoms with Gasteiger partial charge in [0.2, 0.25) is 6.79 Å². The number of pyridine rings is 1. The molecule has 8 heteroatoms. The third-order valence-corrected chi connectivity index (χ3v) is 6.16. The maximum atomic E-state index is 13.1. The number of hydrogen-bond acceptors (Lipinski definition) is 6. The van der Waals surface area contributed by atoms with E-state index in [4.69, 9.17) is 14.2 Å². The Bertz CT molecular complexity index is 1040. The first kappa shape index (κ1) is 23.3. The third-order valence-electron chi connectivity index (χ3n) is 6.16. The summed E-state index contributed by atoms with van der Waals surface area (Å²) in [5, 5.41) is 2.98. The van der Waals surface area contributed by atoms with Gasteiger partial charge in [0.1, 0.15) is 5.56 Å². The van der Waals surface area contributed by atoms with E-state index < -0.39 is 0 Å². The van der Waals surface area contributed by atoms with Gasteiger partial charge in [-0.05, 0) is 44.0 Å². The zero-order valence-electron chi connectivity index (χ0n) is 19.5. The Morgan fingerprint density at radius 2 is 1.91 bits per heavy atom. The molecule has 0 unspecified atom stereocenters. The van der Waals surface area contributed by atoms with Crippen molar-refractivity contribution < 1.29 is 19.0 Å². The average molecular weight is 456 g/mol. The average Bonchev–Trinajstić information content (AvgIpc) is 3.28. The van der Waals surface area contributed by atoms with Crippen molar-refractivity contribution in [2.75, 3.05) is 46.2 Å². The van der Waals surface area contributed by atoms with E-state index in [1.807, 2.05) is 25.1 Å². The maximum absolute atomic E-state index is 13.1. The van der Waals surface area contributed by atoms with Crippen molar-refractivity contribution in [3.63, 3.8) is 0 Å². The fraction of sp³-hybridized carbons (Fsp3) is 0.520. The molecule has 1 aromatic heterocycles. The number of carbonyl (C=O) groups excluding carboxylic acids is 1. The molecule has 0 atom stereocenters. The Labute approximate surface area is 194 Å². The highest BCUT2D eigenvalue weighted by Crippen LogP contribution is 2.33. The van der Waals surface area contributed by atoms with Gasteiger partial charge in [0, 0.05) is 43.6 Å². The van der Waals surface area contributed by atoms with Gasteiger partial charge in [-0.25, -0.2) is 0 Å². The van der Waals surface area contributed by atoms with Crippen molar-refractivity contribution in [1.29, 1.82) is 0 Å². The van der Waals surface area contributed by atoms with Crippen LogP contribution >= 0.6 is 0 Å². The minimum absolute atomic E-state index is 0.219. The van der Waals surface area contributed by atoms with Gasteiger partial charge in [0.25, 0.3) is 5.91 Å². The SMILES string of the molecule is CCCc1c(C(=O)NCCCN2CCOCC2)c(=O)cc(C)n1Cc1ccc2c(c1)OCO2. The fourth-order valence-corrected chi connectivity index (χ4v) is 4.43. The molecule has 4 rings (SSSR count). The predicted molar refractivity (Wildman–Crippen MR) is 125 cm³/mol. The number of morpholine rings is 1. The van der Waals surface area contributed by atoms with Gasteiger partial charge in [0.15, 0.2) is 16.9 Å². The molecular formula is C25H33N3O5. The van der Waals surface area contributed by atoms with E-state index in [0.29, 0.717) is 19.5 Å². The topological polar surface area (TPSA) is 82.0 Å². The number of aromatic nitrogens is 1. The summed E-state index contributed by atoms with van der Waals surface area (Å²) < 4.78 is 18.4. The molecule has 2 aliphatic rings. The molecule has 8 nitrogen and oxygen atoms in total. The lowest BCUT2D eigenvalue weighted by molar-refractivity contribution is 0.0374. The number of rotatable bonds is 9. The van der Waals surface area contributed by atoms with Crippen LogP contribution in [-0.4, -0.2) is 61.6 Å². The molecule has 1 aromatic carbocycles. The highest BCUT2D eigenvalue weighted by molar-refractivity contribution is 5.95. The number of amides is 1. The largest absolute Gasteiger partial charge is 0.454 e. The number of carbonyl (C=O) groups is 1. The van der Waals surface area contributed by atoms with Crippen molar-refractivity contribution in [1.82, 2.24) is 14.8 Å². The molecular weight excluding hydrogens is 422 g/mol. The summed E-state index contributed by atoms with van der Waals surface area (Å²) in [4.78, 5) is 28.3. The van der Waals surface area contributed by atoms with E-state index in [-0.39, 0.29) is 23.7 Å². The molecule has 0 spiro atoms. The van der Waals surface area contributed by atoms with Crippen LogP contribution in [0.1, 0.15) is 47.1 Å². The van der Waals surface area contributed by atoms with Crippen molar-refractivity contribution in [2.24, 2.45) is 0 Å². The molecule has 178 valence electrons. The molecule has 2 aliphatic heterocycles. The number of ether oxygens (including phenoxy) is 3. The van der Waals surface area contributed by atoms with Crippen LogP contribution in [0.25, 0.3) is 0 Å². The normalized spacial score (nSPS) is 15.6. The summed E-state index contributed by atoms with van der Waals surface area (Å²) >= 11 is 0. The zero-order chi connectivity index (χ0) is 23.2. The van der Waals surface area contributed by atoms with E-state index >= 15 is 0 Å². The van der Waals surface area contributed by atoms with E-state index in [1.165, 1.54) is 0 Å². The fourth-order valence-electron chi connectivity index (χ4n) is 4.43. The smallest absolute Gasteiger partial charge is 0.257 e. The van der Waals surface area contributed by atoms with Gasteiger partial charge in [-0.1, -0.05) is 19.4 Å². The zero-order valence-corrected chi connectivity index (χ0v) is 19.5. The molecule has 2 aromatic rings. The highest BCUT2D eigenvalue weighted by Gasteiger charge is 2.21. The van der Waals surface area contributed by atoms with Crippen LogP contribution in [0.4, 0.5) is 0 Å². The number of nitrogens with zero attached hydrogens (tertiary/aromatic N) is 2. The van der Waals surface area contributed by atoms with Gasteiger partial charge >= 0.3 is 0 Å². The van der Waals surface area contributed by atoms with Crippen molar-refractivity contribution in [2.45, 2.75) is 39.7 Å². The minimum atomic E-state index is -0.287. The van der Waals surface area contributed by atoms with E-state index in [2.05, 4.69) is 21.7 Å². The summed E-state index contributed by atoms with van der Waals surface area (Å²) in [5.74, 6) is 1.17. The minimum Gasteiger partial charge on any atom is -0.454 e. The first-order chi connectivity index (χ1) is 16.1. The van der Waals surface area contributed by atoms with E-state index in [1.54, 1.807) is 6.07 Å². The third kappa shape index (κ3) is 5.57. The Hall–Kier alpha value is -2.84. The highest BCUT2D eigenvalue weighted by atomic mass is 16.7. The molecule has 0 bridgehead atoms. The number of aryl methyl sites for hydroxylation is 1. The summed E-state index contributed by atoms with van der Waals surface area (Å²) in [6.45, 7) is 9.58. The summed E-state index contributed by atoms with van der Waals surface area (Å²) in [7, 11) is 0. The van der Waals surface area contributed by atoms with Crippen LogP contribution < -0.4 is 20.2 Å². The molecule has 3 heterocycles. The summed E-state index contributed by atoms with van der Waals surface area (Å²) in [5.41, 5.74) is 2.69.